The smallest absolute Gasteiger partial charge is 0.245 e. The molecule has 0 atom stereocenters. The zero-order chi connectivity index (χ0) is 23.1. The van der Waals surface area contributed by atoms with E-state index < -0.39 is 0 Å². The molecule has 3 aromatic rings. The number of ether oxygens (including phenoxy) is 1. The van der Waals surface area contributed by atoms with Gasteiger partial charge in [-0.1, -0.05) is 51.1 Å². The van der Waals surface area contributed by atoms with Gasteiger partial charge in [0.25, 0.3) is 0 Å². The van der Waals surface area contributed by atoms with Crippen molar-refractivity contribution in [1.82, 2.24) is 14.7 Å². The fourth-order valence-corrected chi connectivity index (χ4v) is 3.42. The van der Waals surface area contributed by atoms with Gasteiger partial charge in [-0.3, -0.25) is 9.59 Å². The summed E-state index contributed by atoms with van der Waals surface area (Å²) in [6.45, 7) is 6.39. The Labute approximate surface area is 189 Å². The Morgan fingerprint density at radius 3 is 2.38 bits per heavy atom. The van der Waals surface area contributed by atoms with Crippen molar-refractivity contribution in [3.63, 3.8) is 0 Å². The van der Waals surface area contributed by atoms with Gasteiger partial charge in [-0.15, -0.1) is 0 Å². The highest BCUT2D eigenvalue weighted by Gasteiger charge is 2.19. The molecule has 0 saturated carbocycles. The Kier molecular flexibility index (Phi) is 7.65. The van der Waals surface area contributed by atoms with Crippen molar-refractivity contribution in [1.29, 1.82) is 0 Å². The van der Waals surface area contributed by atoms with Gasteiger partial charge in [0, 0.05) is 24.6 Å². The number of carbonyl (C=O) groups is 2. The van der Waals surface area contributed by atoms with Crippen LogP contribution >= 0.6 is 0 Å². The molecule has 0 spiro atoms. The third kappa shape index (κ3) is 5.75. The summed E-state index contributed by atoms with van der Waals surface area (Å²) in [6.07, 6.45) is 0.363. The molecule has 0 unspecified atom stereocenters. The van der Waals surface area contributed by atoms with E-state index in [4.69, 9.17) is 9.84 Å². The number of nitrogens with one attached hydrogen (secondary N) is 1. The number of nitrogens with zero attached hydrogens (tertiary/aromatic N) is 3. The zero-order valence-corrected chi connectivity index (χ0v) is 19.0. The van der Waals surface area contributed by atoms with Crippen molar-refractivity contribution in [3.8, 4) is 22.7 Å². The Hall–Kier alpha value is -3.61. The highest BCUT2D eigenvalue weighted by molar-refractivity contribution is 5.94. The lowest BCUT2D eigenvalue weighted by Crippen LogP contribution is -2.40. The van der Waals surface area contributed by atoms with Gasteiger partial charge in [0.15, 0.2) is 0 Å². The lowest BCUT2D eigenvalue weighted by molar-refractivity contribution is -0.134. The van der Waals surface area contributed by atoms with Crippen LogP contribution < -0.4 is 10.1 Å². The molecular formula is C25H30N4O3. The molecule has 0 aliphatic rings. The molecule has 0 bridgehead atoms. The van der Waals surface area contributed by atoms with Crippen molar-refractivity contribution >= 4 is 17.6 Å². The molecule has 3 rings (SSSR count). The van der Waals surface area contributed by atoms with Crippen LogP contribution in [0.25, 0.3) is 16.9 Å². The second-order valence-corrected chi connectivity index (χ2v) is 7.96. The molecule has 7 heteroatoms. The Morgan fingerprint density at radius 2 is 1.78 bits per heavy atom. The predicted octanol–water partition coefficient (Wildman–Crippen LogP) is 4.38. The molecule has 2 amide bonds. The first-order valence-electron chi connectivity index (χ1n) is 10.8. The van der Waals surface area contributed by atoms with Gasteiger partial charge >= 0.3 is 0 Å². The average molecular weight is 435 g/mol. The average Bonchev–Trinajstić information content (AvgIpc) is 3.22. The van der Waals surface area contributed by atoms with Gasteiger partial charge in [0.05, 0.1) is 25.0 Å². The maximum absolute atomic E-state index is 12.9. The molecule has 1 N–H and O–H groups in total. The van der Waals surface area contributed by atoms with Gasteiger partial charge in [-0.05, 0) is 30.2 Å². The Balaban J connectivity index is 1.90. The van der Waals surface area contributed by atoms with Crippen LogP contribution in [0, 0.1) is 5.92 Å². The molecule has 0 fully saturated rings. The largest absolute Gasteiger partial charge is 0.497 e. The van der Waals surface area contributed by atoms with Crippen molar-refractivity contribution in [2.75, 3.05) is 25.5 Å². The topological polar surface area (TPSA) is 76.5 Å². The van der Waals surface area contributed by atoms with Crippen molar-refractivity contribution < 1.29 is 14.3 Å². The molecule has 168 valence electrons. The summed E-state index contributed by atoms with van der Waals surface area (Å²) < 4.78 is 6.93. The lowest BCUT2D eigenvalue weighted by Gasteiger charge is -2.23. The fraction of sp³-hybridized carbons (Fsp3) is 0.320. The molecule has 1 aromatic heterocycles. The molecule has 32 heavy (non-hydrogen) atoms. The number of hydrogen-bond donors (Lipinski definition) is 1. The number of rotatable bonds is 9. The molecule has 1 heterocycles. The summed E-state index contributed by atoms with van der Waals surface area (Å²) in [7, 11) is 1.61. The molecule has 0 aliphatic heterocycles. The van der Waals surface area contributed by atoms with E-state index in [0.717, 1.165) is 22.7 Å². The molecule has 0 radical (unpaired) electrons. The van der Waals surface area contributed by atoms with Crippen LogP contribution in [0.4, 0.5) is 5.82 Å². The number of benzene rings is 2. The van der Waals surface area contributed by atoms with Crippen molar-refractivity contribution in [2.45, 2.75) is 27.2 Å². The number of aromatic nitrogens is 2. The molecular weight excluding hydrogens is 404 g/mol. The van der Waals surface area contributed by atoms with Crippen LogP contribution in [0.5, 0.6) is 5.75 Å². The quantitative estimate of drug-likeness (QED) is 0.542. The molecule has 0 saturated heterocycles. The monoisotopic (exact) mass is 434 g/mol. The standard InChI is InChI=1S/C25H30N4O3/c1-5-25(31)28(16-18(2)3)17-24(30)26-23-15-22(19-9-7-6-8-10-19)27-29(23)20-11-13-21(32-4)14-12-20/h6-15,18H,5,16-17H2,1-4H3,(H,26,30). The molecule has 7 nitrogen and oxygen atoms in total. The van der Waals surface area contributed by atoms with Crippen LogP contribution in [0.15, 0.2) is 60.7 Å². The van der Waals surface area contributed by atoms with E-state index in [1.807, 2.05) is 74.5 Å². The molecule has 2 aromatic carbocycles. The van der Waals surface area contributed by atoms with E-state index in [1.165, 1.54) is 0 Å². The maximum atomic E-state index is 12.9. The van der Waals surface area contributed by atoms with Crippen molar-refractivity contribution in [3.05, 3.63) is 60.7 Å². The summed E-state index contributed by atoms with van der Waals surface area (Å²) in [5.74, 6) is 1.24. The van der Waals surface area contributed by atoms with Crippen LogP contribution in [0.2, 0.25) is 0 Å². The first kappa shape index (κ1) is 23.1. The maximum Gasteiger partial charge on any atom is 0.245 e. The Bertz CT molecular complexity index is 1040. The lowest BCUT2D eigenvalue weighted by atomic mass is 10.1. The number of methoxy groups -OCH3 is 1. The summed E-state index contributed by atoms with van der Waals surface area (Å²) in [6, 6.07) is 19.0. The highest BCUT2D eigenvalue weighted by atomic mass is 16.5. The minimum Gasteiger partial charge on any atom is -0.497 e. The normalized spacial score (nSPS) is 10.8. The van der Waals surface area contributed by atoms with Gasteiger partial charge in [0.2, 0.25) is 11.8 Å². The van der Waals surface area contributed by atoms with E-state index in [9.17, 15) is 9.59 Å². The van der Waals surface area contributed by atoms with Crippen LogP contribution in [0.1, 0.15) is 27.2 Å². The summed E-state index contributed by atoms with van der Waals surface area (Å²) >= 11 is 0. The Morgan fingerprint density at radius 1 is 1.09 bits per heavy atom. The van der Waals surface area contributed by atoms with Crippen LogP contribution in [-0.2, 0) is 9.59 Å². The second kappa shape index (κ2) is 10.6. The number of hydrogen-bond acceptors (Lipinski definition) is 4. The number of carbonyl (C=O) groups excluding carboxylic acids is 2. The van der Waals surface area contributed by atoms with E-state index in [-0.39, 0.29) is 24.3 Å². The highest BCUT2D eigenvalue weighted by Crippen LogP contribution is 2.25. The SMILES string of the molecule is CCC(=O)N(CC(=O)Nc1cc(-c2ccccc2)nn1-c1ccc(OC)cc1)CC(C)C. The van der Waals surface area contributed by atoms with Gasteiger partial charge in [-0.25, -0.2) is 4.68 Å². The fourth-order valence-electron chi connectivity index (χ4n) is 3.42. The third-order valence-electron chi connectivity index (χ3n) is 4.94. The van der Waals surface area contributed by atoms with Gasteiger partial charge < -0.3 is 15.0 Å². The second-order valence-electron chi connectivity index (χ2n) is 7.96. The van der Waals surface area contributed by atoms with E-state index >= 15 is 0 Å². The van der Waals surface area contributed by atoms with Gasteiger partial charge in [-0.2, -0.15) is 5.10 Å². The summed E-state index contributed by atoms with van der Waals surface area (Å²) in [4.78, 5) is 26.8. The van der Waals surface area contributed by atoms with Crippen LogP contribution in [0.3, 0.4) is 0 Å². The van der Waals surface area contributed by atoms with E-state index in [2.05, 4.69) is 5.32 Å². The first-order valence-corrected chi connectivity index (χ1v) is 10.8. The summed E-state index contributed by atoms with van der Waals surface area (Å²) in [5.41, 5.74) is 2.46. The third-order valence-corrected chi connectivity index (χ3v) is 4.94. The zero-order valence-electron chi connectivity index (χ0n) is 19.0. The van der Waals surface area contributed by atoms with E-state index in [0.29, 0.717) is 18.8 Å². The summed E-state index contributed by atoms with van der Waals surface area (Å²) in [5, 5.41) is 7.67. The predicted molar refractivity (Wildman–Crippen MR) is 126 cm³/mol. The first-order chi connectivity index (χ1) is 15.4. The minimum absolute atomic E-state index is 0.000678. The van der Waals surface area contributed by atoms with Crippen molar-refractivity contribution in [2.24, 2.45) is 5.92 Å². The number of amides is 2. The van der Waals surface area contributed by atoms with Crippen LogP contribution in [-0.4, -0.2) is 46.7 Å². The number of anilines is 1. The van der Waals surface area contributed by atoms with Gasteiger partial charge in [0.1, 0.15) is 11.6 Å². The molecule has 0 aliphatic carbocycles. The van der Waals surface area contributed by atoms with E-state index in [1.54, 1.807) is 23.6 Å². The minimum atomic E-state index is -0.262.